The van der Waals surface area contributed by atoms with Gasteiger partial charge in [0.25, 0.3) is 0 Å². The first kappa shape index (κ1) is 17.8. The molecule has 2 unspecified atom stereocenters. The molecule has 0 aromatic heterocycles. The van der Waals surface area contributed by atoms with E-state index < -0.39 is 6.09 Å². The number of rotatable bonds is 3. The van der Waals surface area contributed by atoms with E-state index in [0.717, 1.165) is 18.4 Å². The summed E-state index contributed by atoms with van der Waals surface area (Å²) >= 11 is 0. The first-order valence-corrected chi connectivity index (χ1v) is 9.41. The zero-order valence-electron chi connectivity index (χ0n) is 15.4. The number of amides is 2. The van der Waals surface area contributed by atoms with Crippen LogP contribution in [0.1, 0.15) is 31.2 Å². The van der Waals surface area contributed by atoms with Gasteiger partial charge in [0.2, 0.25) is 5.91 Å². The van der Waals surface area contributed by atoms with Crippen molar-refractivity contribution in [3.05, 3.63) is 35.9 Å². The number of piperidine rings is 1. The van der Waals surface area contributed by atoms with Crippen LogP contribution in [0.25, 0.3) is 0 Å². The molecule has 7 heteroatoms. The Kier molecular flexibility index (Phi) is 4.53. The molecule has 3 fully saturated rings. The fraction of sp³-hybridized carbons (Fsp3) is 0.550. The molecule has 0 N–H and O–H groups in total. The van der Waals surface area contributed by atoms with Gasteiger partial charge in [-0.1, -0.05) is 30.3 Å². The topological polar surface area (TPSA) is 76.2 Å². The first-order chi connectivity index (χ1) is 13.0. The molecular formula is C20H24N2O5. The van der Waals surface area contributed by atoms with Crippen LogP contribution in [0.15, 0.2) is 30.3 Å². The Bertz CT molecular complexity index is 746. The molecule has 2 aliphatic heterocycles. The van der Waals surface area contributed by atoms with Gasteiger partial charge in [0.1, 0.15) is 13.2 Å². The van der Waals surface area contributed by atoms with Crippen LogP contribution in [0.4, 0.5) is 4.79 Å². The van der Waals surface area contributed by atoms with E-state index in [-0.39, 0.29) is 42.5 Å². The van der Waals surface area contributed by atoms with E-state index in [0.29, 0.717) is 19.4 Å². The highest BCUT2D eigenvalue weighted by atomic mass is 16.6. The summed E-state index contributed by atoms with van der Waals surface area (Å²) in [4.78, 5) is 40.7. The van der Waals surface area contributed by atoms with Gasteiger partial charge in [-0.05, 0) is 31.2 Å². The van der Waals surface area contributed by atoms with Crippen LogP contribution in [0.5, 0.6) is 0 Å². The van der Waals surface area contributed by atoms with Crippen molar-refractivity contribution >= 4 is 18.0 Å². The number of benzene rings is 1. The Morgan fingerprint density at radius 2 is 1.93 bits per heavy atom. The molecule has 1 aromatic rings. The van der Waals surface area contributed by atoms with Gasteiger partial charge in [-0.3, -0.25) is 14.5 Å². The standard InChI is InChI=1S/C20H24N2O5/c1-26-18(24)15-7-8-16-20(9-10-20)22(12-17(23)21(16)11-15)19(25)27-13-14-5-3-2-4-6-14/h2-6,15-16H,7-13H2,1H3. The lowest BCUT2D eigenvalue weighted by Crippen LogP contribution is -2.67. The summed E-state index contributed by atoms with van der Waals surface area (Å²) in [5.41, 5.74) is 0.585. The van der Waals surface area contributed by atoms with Gasteiger partial charge >= 0.3 is 12.1 Å². The van der Waals surface area contributed by atoms with Crippen LogP contribution in [-0.2, 0) is 25.7 Å². The largest absolute Gasteiger partial charge is 0.469 e. The van der Waals surface area contributed by atoms with Crippen LogP contribution >= 0.6 is 0 Å². The molecule has 1 aliphatic carbocycles. The van der Waals surface area contributed by atoms with Crippen molar-refractivity contribution in [3.63, 3.8) is 0 Å². The number of carbonyl (C=O) groups is 3. The number of carbonyl (C=O) groups excluding carboxylic acids is 3. The molecule has 1 aromatic carbocycles. The number of hydrogen-bond acceptors (Lipinski definition) is 5. The molecule has 3 aliphatic rings. The van der Waals surface area contributed by atoms with Crippen molar-refractivity contribution in [2.75, 3.05) is 20.2 Å². The van der Waals surface area contributed by atoms with Gasteiger partial charge in [-0.15, -0.1) is 0 Å². The smallest absolute Gasteiger partial charge is 0.411 e. The quantitative estimate of drug-likeness (QED) is 0.758. The molecule has 2 heterocycles. The first-order valence-electron chi connectivity index (χ1n) is 9.41. The van der Waals surface area contributed by atoms with E-state index in [1.54, 1.807) is 9.80 Å². The van der Waals surface area contributed by atoms with Gasteiger partial charge < -0.3 is 14.4 Å². The average molecular weight is 372 g/mol. The van der Waals surface area contributed by atoms with E-state index in [2.05, 4.69) is 0 Å². The van der Waals surface area contributed by atoms with Crippen molar-refractivity contribution in [1.29, 1.82) is 0 Å². The summed E-state index contributed by atoms with van der Waals surface area (Å²) in [5.74, 6) is -0.666. The van der Waals surface area contributed by atoms with Crippen LogP contribution in [0.2, 0.25) is 0 Å². The molecule has 2 saturated heterocycles. The fourth-order valence-corrected chi connectivity index (χ4v) is 4.50. The second-order valence-electron chi connectivity index (χ2n) is 7.59. The summed E-state index contributed by atoms with van der Waals surface area (Å²) < 4.78 is 10.3. The van der Waals surface area contributed by atoms with Gasteiger partial charge in [-0.2, -0.15) is 0 Å². The van der Waals surface area contributed by atoms with E-state index in [9.17, 15) is 14.4 Å². The number of ether oxygens (including phenoxy) is 2. The third-order valence-electron chi connectivity index (χ3n) is 6.08. The minimum atomic E-state index is -0.431. The zero-order valence-corrected chi connectivity index (χ0v) is 15.4. The molecule has 2 amide bonds. The third-order valence-corrected chi connectivity index (χ3v) is 6.08. The maximum Gasteiger partial charge on any atom is 0.411 e. The molecule has 27 heavy (non-hydrogen) atoms. The summed E-state index contributed by atoms with van der Waals surface area (Å²) in [6, 6.07) is 9.46. The third kappa shape index (κ3) is 3.15. The maximum atomic E-state index is 12.7. The van der Waals surface area contributed by atoms with Gasteiger partial charge in [0.15, 0.2) is 0 Å². The maximum absolute atomic E-state index is 12.7. The Balaban J connectivity index is 1.45. The van der Waals surface area contributed by atoms with Gasteiger partial charge in [-0.25, -0.2) is 4.79 Å². The van der Waals surface area contributed by atoms with Crippen LogP contribution < -0.4 is 0 Å². The van der Waals surface area contributed by atoms with Crippen molar-refractivity contribution in [1.82, 2.24) is 9.80 Å². The van der Waals surface area contributed by atoms with E-state index in [1.165, 1.54) is 7.11 Å². The van der Waals surface area contributed by atoms with E-state index in [4.69, 9.17) is 9.47 Å². The highest BCUT2D eigenvalue weighted by molar-refractivity contribution is 5.86. The Morgan fingerprint density at radius 1 is 1.19 bits per heavy atom. The lowest BCUT2D eigenvalue weighted by molar-refractivity contribution is -0.156. The number of piperazine rings is 1. The molecule has 1 saturated carbocycles. The number of nitrogens with zero attached hydrogens (tertiary/aromatic N) is 2. The number of esters is 1. The molecule has 0 radical (unpaired) electrons. The SMILES string of the molecule is COC(=O)C1CCC2N(C1)C(=O)CN(C(=O)OCc1ccccc1)C21CC1. The number of fused-ring (bicyclic) bond motifs is 2. The lowest BCUT2D eigenvalue weighted by Gasteiger charge is -2.50. The molecule has 2 atom stereocenters. The van der Waals surface area contributed by atoms with Crippen molar-refractivity contribution in [2.45, 2.75) is 43.9 Å². The van der Waals surface area contributed by atoms with Crippen LogP contribution in [0, 0.1) is 5.92 Å². The average Bonchev–Trinajstić information content (AvgIpc) is 3.50. The van der Waals surface area contributed by atoms with Crippen molar-refractivity contribution < 1.29 is 23.9 Å². The monoisotopic (exact) mass is 372 g/mol. The van der Waals surface area contributed by atoms with Crippen LogP contribution in [0.3, 0.4) is 0 Å². The summed E-state index contributed by atoms with van der Waals surface area (Å²) in [6.45, 7) is 0.585. The van der Waals surface area contributed by atoms with E-state index in [1.807, 2.05) is 30.3 Å². The Hall–Kier alpha value is -2.57. The molecule has 7 nitrogen and oxygen atoms in total. The predicted octanol–water partition coefficient (Wildman–Crippen LogP) is 1.95. The summed E-state index contributed by atoms with van der Waals surface area (Å²) in [6.07, 6.45) is 2.68. The second kappa shape index (κ2) is 6.87. The Labute approximate surface area is 158 Å². The molecule has 1 spiro atoms. The zero-order chi connectivity index (χ0) is 19.0. The minimum Gasteiger partial charge on any atom is -0.469 e. The van der Waals surface area contributed by atoms with Gasteiger partial charge in [0.05, 0.1) is 24.6 Å². The second-order valence-corrected chi connectivity index (χ2v) is 7.59. The minimum absolute atomic E-state index is 0.0119. The van der Waals surface area contributed by atoms with Crippen molar-refractivity contribution in [3.8, 4) is 0 Å². The molecule has 0 bridgehead atoms. The molecular weight excluding hydrogens is 348 g/mol. The predicted molar refractivity (Wildman–Crippen MR) is 95.5 cm³/mol. The highest BCUT2D eigenvalue weighted by Crippen LogP contribution is 2.52. The van der Waals surface area contributed by atoms with E-state index >= 15 is 0 Å². The van der Waals surface area contributed by atoms with Crippen molar-refractivity contribution in [2.24, 2.45) is 5.92 Å². The number of methoxy groups -OCH3 is 1. The lowest BCUT2D eigenvalue weighted by atomic mass is 9.85. The summed E-state index contributed by atoms with van der Waals surface area (Å²) in [5, 5.41) is 0. The Morgan fingerprint density at radius 3 is 2.59 bits per heavy atom. The molecule has 4 rings (SSSR count). The summed E-state index contributed by atoms with van der Waals surface area (Å²) in [7, 11) is 1.37. The fourth-order valence-electron chi connectivity index (χ4n) is 4.50. The van der Waals surface area contributed by atoms with Gasteiger partial charge in [0, 0.05) is 6.54 Å². The normalized spacial score (nSPS) is 25.7. The molecule has 144 valence electrons. The number of hydrogen-bond donors (Lipinski definition) is 0. The highest BCUT2D eigenvalue weighted by Gasteiger charge is 2.63. The van der Waals surface area contributed by atoms with Crippen LogP contribution in [-0.4, -0.2) is 59.5 Å².